The normalized spacial score (nSPS) is 13.2. The summed E-state index contributed by atoms with van der Waals surface area (Å²) in [7, 11) is 0. The van der Waals surface area contributed by atoms with Crippen molar-refractivity contribution in [3.8, 4) is 0 Å². The third kappa shape index (κ3) is 2.55. The number of nitrogens with one attached hydrogen (secondary N) is 1. The maximum atomic E-state index is 9.64. The SMILES string of the molecule is CCNCC(O)c1cscc1Br. The van der Waals surface area contributed by atoms with Crippen molar-refractivity contribution in [2.45, 2.75) is 13.0 Å². The van der Waals surface area contributed by atoms with Crippen molar-refractivity contribution in [1.82, 2.24) is 5.32 Å². The van der Waals surface area contributed by atoms with Gasteiger partial charge in [0.25, 0.3) is 0 Å². The van der Waals surface area contributed by atoms with Gasteiger partial charge in [0, 0.05) is 22.0 Å². The number of halogens is 1. The molecule has 0 radical (unpaired) electrons. The highest BCUT2D eigenvalue weighted by molar-refractivity contribution is 9.10. The number of rotatable bonds is 4. The topological polar surface area (TPSA) is 32.3 Å². The lowest BCUT2D eigenvalue weighted by Gasteiger charge is -2.09. The molecule has 0 aliphatic rings. The maximum Gasteiger partial charge on any atom is 0.0933 e. The van der Waals surface area contributed by atoms with Gasteiger partial charge in [-0.3, -0.25) is 0 Å². The van der Waals surface area contributed by atoms with Crippen LogP contribution >= 0.6 is 27.3 Å². The molecule has 0 aliphatic heterocycles. The molecule has 0 saturated heterocycles. The first-order chi connectivity index (χ1) is 5.75. The zero-order valence-corrected chi connectivity index (χ0v) is 9.28. The van der Waals surface area contributed by atoms with Crippen LogP contribution in [0.5, 0.6) is 0 Å². The molecule has 2 nitrogen and oxygen atoms in total. The average Bonchev–Trinajstić information content (AvgIpc) is 2.47. The minimum Gasteiger partial charge on any atom is -0.387 e. The van der Waals surface area contributed by atoms with E-state index in [0.29, 0.717) is 6.54 Å². The molecule has 68 valence electrons. The second-order valence-electron chi connectivity index (χ2n) is 2.50. The number of thiophene rings is 1. The number of hydrogen-bond donors (Lipinski definition) is 2. The molecule has 0 saturated carbocycles. The highest BCUT2D eigenvalue weighted by atomic mass is 79.9. The van der Waals surface area contributed by atoms with E-state index in [-0.39, 0.29) is 0 Å². The third-order valence-corrected chi connectivity index (χ3v) is 3.34. The molecule has 2 N–H and O–H groups in total. The van der Waals surface area contributed by atoms with Gasteiger partial charge in [0.05, 0.1) is 6.10 Å². The molecule has 0 bridgehead atoms. The molecule has 0 fully saturated rings. The predicted octanol–water partition coefficient (Wildman–Crippen LogP) is 2.15. The van der Waals surface area contributed by atoms with Gasteiger partial charge < -0.3 is 10.4 Å². The standard InChI is InChI=1S/C8H12BrNOS/c1-2-10-3-8(11)6-4-12-5-7(6)9/h4-5,8,10-11H,2-3H2,1H3. The van der Waals surface area contributed by atoms with E-state index >= 15 is 0 Å². The van der Waals surface area contributed by atoms with Crippen molar-refractivity contribution in [3.63, 3.8) is 0 Å². The number of aliphatic hydroxyl groups excluding tert-OH is 1. The van der Waals surface area contributed by atoms with Crippen LogP contribution < -0.4 is 5.32 Å². The first-order valence-electron chi connectivity index (χ1n) is 3.86. The van der Waals surface area contributed by atoms with Crippen LogP contribution in [0.4, 0.5) is 0 Å². The lowest BCUT2D eigenvalue weighted by Crippen LogP contribution is -2.20. The van der Waals surface area contributed by atoms with E-state index in [2.05, 4.69) is 21.2 Å². The van der Waals surface area contributed by atoms with E-state index in [4.69, 9.17) is 0 Å². The van der Waals surface area contributed by atoms with Crippen LogP contribution in [-0.4, -0.2) is 18.2 Å². The van der Waals surface area contributed by atoms with Crippen LogP contribution in [-0.2, 0) is 0 Å². The molecule has 0 aliphatic carbocycles. The van der Waals surface area contributed by atoms with E-state index < -0.39 is 6.10 Å². The largest absolute Gasteiger partial charge is 0.387 e. The molecule has 1 aromatic rings. The lowest BCUT2D eigenvalue weighted by atomic mass is 10.2. The van der Waals surface area contributed by atoms with E-state index in [1.54, 1.807) is 11.3 Å². The summed E-state index contributed by atoms with van der Waals surface area (Å²) >= 11 is 4.97. The van der Waals surface area contributed by atoms with Gasteiger partial charge in [0.2, 0.25) is 0 Å². The van der Waals surface area contributed by atoms with Crippen LogP contribution in [0.25, 0.3) is 0 Å². The average molecular weight is 250 g/mol. The van der Waals surface area contributed by atoms with Crippen molar-refractivity contribution < 1.29 is 5.11 Å². The van der Waals surface area contributed by atoms with Gasteiger partial charge in [0.15, 0.2) is 0 Å². The summed E-state index contributed by atoms with van der Waals surface area (Å²) in [5, 5.41) is 16.7. The molecular weight excluding hydrogens is 238 g/mol. The van der Waals surface area contributed by atoms with Crippen LogP contribution in [0.2, 0.25) is 0 Å². The molecule has 1 rings (SSSR count). The minimum absolute atomic E-state index is 0.398. The molecule has 0 amide bonds. The fourth-order valence-electron chi connectivity index (χ4n) is 0.920. The van der Waals surface area contributed by atoms with Crippen molar-refractivity contribution in [3.05, 3.63) is 20.8 Å². The Kier molecular flexibility index (Phi) is 4.21. The Morgan fingerprint density at radius 1 is 1.67 bits per heavy atom. The zero-order chi connectivity index (χ0) is 8.97. The van der Waals surface area contributed by atoms with Gasteiger partial charge in [0.1, 0.15) is 0 Å². The summed E-state index contributed by atoms with van der Waals surface area (Å²) in [6.45, 7) is 3.53. The summed E-state index contributed by atoms with van der Waals surface area (Å²) in [4.78, 5) is 0. The van der Waals surface area contributed by atoms with Crippen molar-refractivity contribution in [1.29, 1.82) is 0 Å². The fourth-order valence-corrected chi connectivity index (χ4v) is 2.53. The predicted molar refractivity (Wildman–Crippen MR) is 55.5 cm³/mol. The first-order valence-corrected chi connectivity index (χ1v) is 5.59. The smallest absolute Gasteiger partial charge is 0.0933 e. The minimum atomic E-state index is -0.398. The molecule has 4 heteroatoms. The van der Waals surface area contributed by atoms with Crippen molar-refractivity contribution in [2.75, 3.05) is 13.1 Å². The summed E-state index contributed by atoms with van der Waals surface area (Å²) in [6, 6.07) is 0. The van der Waals surface area contributed by atoms with Crippen molar-refractivity contribution >= 4 is 27.3 Å². The summed E-state index contributed by atoms with van der Waals surface area (Å²) in [5.41, 5.74) is 0.973. The molecule has 12 heavy (non-hydrogen) atoms. The van der Waals surface area contributed by atoms with E-state index in [1.165, 1.54) is 0 Å². The third-order valence-electron chi connectivity index (χ3n) is 1.59. The second kappa shape index (κ2) is 4.97. The number of hydrogen-bond acceptors (Lipinski definition) is 3. The van der Waals surface area contributed by atoms with Crippen LogP contribution in [0.15, 0.2) is 15.2 Å². The Hall–Kier alpha value is 0.100. The van der Waals surface area contributed by atoms with Gasteiger partial charge in [-0.2, -0.15) is 11.3 Å². The molecule has 0 aromatic carbocycles. The quantitative estimate of drug-likeness (QED) is 0.858. The van der Waals surface area contributed by atoms with Crippen LogP contribution in [0.3, 0.4) is 0 Å². The summed E-state index contributed by atoms with van der Waals surface area (Å²) < 4.78 is 0.998. The first kappa shape index (κ1) is 10.2. The Balaban J connectivity index is 2.52. The molecule has 1 unspecified atom stereocenters. The Labute approximate surface area is 84.7 Å². The van der Waals surface area contributed by atoms with Crippen molar-refractivity contribution in [2.24, 2.45) is 0 Å². The van der Waals surface area contributed by atoms with Gasteiger partial charge >= 0.3 is 0 Å². The Bertz CT molecular complexity index is 239. The fraction of sp³-hybridized carbons (Fsp3) is 0.500. The van der Waals surface area contributed by atoms with E-state index in [9.17, 15) is 5.11 Å². The summed E-state index contributed by atoms with van der Waals surface area (Å²) in [5.74, 6) is 0. The van der Waals surface area contributed by atoms with Crippen LogP contribution in [0, 0.1) is 0 Å². The lowest BCUT2D eigenvalue weighted by molar-refractivity contribution is 0.175. The molecule has 1 heterocycles. The second-order valence-corrected chi connectivity index (χ2v) is 4.10. The highest BCUT2D eigenvalue weighted by Gasteiger charge is 2.10. The highest BCUT2D eigenvalue weighted by Crippen LogP contribution is 2.26. The van der Waals surface area contributed by atoms with Gasteiger partial charge in [-0.15, -0.1) is 0 Å². The Morgan fingerprint density at radius 2 is 2.42 bits per heavy atom. The van der Waals surface area contributed by atoms with Crippen LogP contribution in [0.1, 0.15) is 18.6 Å². The monoisotopic (exact) mass is 249 g/mol. The molecular formula is C8H12BrNOS. The number of likely N-dealkylation sites (N-methyl/N-ethyl adjacent to an activating group) is 1. The molecule has 1 atom stereocenters. The Morgan fingerprint density at radius 3 is 2.92 bits per heavy atom. The van der Waals surface area contributed by atoms with E-state index in [0.717, 1.165) is 16.6 Å². The molecule has 0 spiro atoms. The number of aliphatic hydroxyl groups is 1. The summed E-state index contributed by atoms with van der Waals surface area (Å²) in [6.07, 6.45) is -0.398. The van der Waals surface area contributed by atoms with Gasteiger partial charge in [-0.1, -0.05) is 6.92 Å². The maximum absolute atomic E-state index is 9.64. The van der Waals surface area contributed by atoms with Gasteiger partial charge in [-0.05, 0) is 27.9 Å². The molecule has 1 aromatic heterocycles. The zero-order valence-electron chi connectivity index (χ0n) is 6.88. The van der Waals surface area contributed by atoms with E-state index in [1.807, 2.05) is 17.7 Å². The van der Waals surface area contributed by atoms with Gasteiger partial charge in [-0.25, -0.2) is 0 Å².